The van der Waals surface area contributed by atoms with Crippen molar-refractivity contribution in [3.05, 3.63) is 0 Å². The van der Waals surface area contributed by atoms with Crippen molar-refractivity contribution >= 4 is 0 Å². The van der Waals surface area contributed by atoms with E-state index in [1.54, 1.807) is 0 Å². The summed E-state index contributed by atoms with van der Waals surface area (Å²) in [5.74, 6) is 2.02. The quantitative estimate of drug-likeness (QED) is 0.492. The topological polar surface area (TPSA) is 0 Å². The fourth-order valence-electron chi connectivity index (χ4n) is 3.65. The molecule has 1 fully saturated rings. The molecular formula is C15H30. The number of unbranched alkanes of at least 4 members (excludes halogenated alkanes) is 2. The zero-order chi connectivity index (χ0) is 11.3. The van der Waals surface area contributed by atoms with Crippen molar-refractivity contribution in [2.75, 3.05) is 0 Å². The van der Waals surface area contributed by atoms with Gasteiger partial charge in [-0.15, -0.1) is 0 Å². The molecule has 2 unspecified atom stereocenters. The fraction of sp³-hybridized carbons (Fsp3) is 1.00. The first-order valence-corrected chi connectivity index (χ1v) is 7.20. The molecule has 0 saturated heterocycles. The number of hydrogen-bond donors (Lipinski definition) is 0. The van der Waals surface area contributed by atoms with Gasteiger partial charge in [-0.25, -0.2) is 0 Å². The van der Waals surface area contributed by atoms with Crippen LogP contribution in [0.4, 0.5) is 0 Å². The minimum atomic E-state index is 0.742. The highest BCUT2D eigenvalue weighted by atomic mass is 14.5. The van der Waals surface area contributed by atoms with Crippen molar-refractivity contribution < 1.29 is 0 Å². The molecule has 90 valence electrons. The van der Waals surface area contributed by atoms with Gasteiger partial charge < -0.3 is 0 Å². The molecule has 0 aliphatic heterocycles. The lowest BCUT2D eigenvalue weighted by atomic mass is 9.53. The third kappa shape index (κ3) is 2.77. The van der Waals surface area contributed by atoms with Crippen molar-refractivity contribution in [3.8, 4) is 0 Å². The summed E-state index contributed by atoms with van der Waals surface area (Å²) in [6.07, 6.45) is 11.6. The summed E-state index contributed by atoms with van der Waals surface area (Å²) < 4.78 is 0. The largest absolute Gasteiger partial charge is 0.0654 e. The van der Waals surface area contributed by atoms with Gasteiger partial charge in [-0.1, -0.05) is 66.2 Å². The molecule has 0 spiro atoms. The molecule has 0 radical (unpaired) electrons. The second-order valence-corrected chi connectivity index (χ2v) is 5.69. The van der Waals surface area contributed by atoms with Crippen LogP contribution >= 0.6 is 0 Å². The summed E-state index contributed by atoms with van der Waals surface area (Å²) >= 11 is 0. The Morgan fingerprint density at radius 3 is 2.20 bits per heavy atom. The van der Waals surface area contributed by atoms with Crippen molar-refractivity contribution in [2.45, 2.75) is 79.1 Å². The first-order chi connectivity index (χ1) is 7.20. The molecular weight excluding hydrogens is 180 g/mol. The van der Waals surface area contributed by atoms with Gasteiger partial charge in [0, 0.05) is 0 Å². The van der Waals surface area contributed by atoms with Crippen LogP contribution in [0.15, 0.2) is 0 Å². The van der Waals surface area contributed by atoms with Gasteiger partial charge >= 0.3 is 0 Å². The Bertz CT molecular complexity index is 161. The molecule has 0 aromatic rings. The van der Waals surface area contributed by atoms with Gasteiger partial charge in [-0.3, -0.25) is 0 Å². The van der Waals surface area contributed by atoms with E-state index in [2.05, 4.69) is 27.7 Å². The average Bonchev–Trinajstić information content (AvgIpc) is 2.19. The molecule has 0 heterocycles. The Balaban J connectivity index is 2.36. The van der Waals surface area contributed by atoms with Gasteiger partial charge in [0.05, 0.1) is 0 Å². The van der Waals surface area contributed by atoms with E-state index in [0.29, 0.717) is 0 Å². The van der Waals surface area contributed by atoms with Crippen LogP contribution in [0.5, 0.6) is 0 Å². The van der Waals surface area contributed by atoms with Crippen molar-refractivity contribution in [3.63, 3.8) is 0 Å². The van der Waals surface area contributed by atoms with Gasteiger partial charge in [0.1, 0.15) is 0 Å². The van der Waals surface area contributed by atoms with E-state index < -0.39 is 0 Å². The zero-order valence-corrected chi connectivity index (χ0v) is 11.3. The molecule has 1 aliphatic rings. The SMILES string of the molecule is CCCCCC(C)C1CCC1(CC)CC. The van der Waals surface area contributed by atoms with E-state index in [9.17, 15) is 0 Å². The lowest BCUT2D eigenvalue weighted by Gasteiger charge is -2.52. The maximum Gasteiger partial charge on any atom is -0.0272 e. The van der Waals surface area contributed by atoms with E-state index in [4.69, 9.17) is 0 Å². The first kappa shape index (κ1) is 13.1. The smallest absolute Gasteiger partial charge is 0.0272 e. The Hall–Kier alpha value is 0. The molecule has 0 nitrogen and oxygen atoms in total. The Morgan fingerprint density at radius 2 is 1.80 bits per heavy atom. The molecule has 15 heavy (non-hydrogen) atoms. The summed E-state index contributed by atoms with van der Waals surface area (Å²) in [5, 5.41) is 0. The summed E-state index contributed by atoms with van der Waals surface area (Å²) in [5.41, 5.74) is 0.742. The third-order valence-electron chi connectivity index (χ3n) is 5.10. The number of rotatable bonds is 7. The normalized spacial score (nSPS) is 26.0. The molecule has 1 aliphatic carbocycles. The highest BCUT2D eigenvalue weighted by molar-refractivity contribution is 4.95. The van der Waals surface area contributed by atoms with E-state index in [-0.39, 0.29) is 0 Å². The predicted octanol–water partition coefficient (Wildman–Crippen LogP) is 5.42. The number of hydrogen-bond acceptors (Lipinski definition) is 0. The van der Waals surface area contributed by atoms with Crippen LogP contribution in [0, 0.1) is 17.3 Å². The van der Waals surface area contributed by atoms with Crippen molar-refractivity contribution in [1.82, 2.24) is 0 Å². The Labute approximate surface area is 96.8 Å². The molecule has 0 N–H and O–H groups in total. The summed E-state index contributed by atoms with van der Waals surface area (Å²) in [6, 6.07) is 0. The highest BCUT2D eigenvalue weighted by Crippen LogP contribution is 2.55. The summed E-state index contributed by atoms with van der Waals surface area (Å²) in [6.45, 7) is 9.60. The second kappa shape index (κ2) is 5.92. The minimum absolute atomic E-state index is 0.742. The zero-order valence-electron chi connectivity index (χ0n) is 11.3. The van der Waals surface area contributed by atoms with Crippen molar-refractivity contribution in [1.29, 1.82) is 0 Å². The van der Waals surface area contributed by atoms with Crippen molar-refractivity contribution in [2.24, 2.45) is 17.3 Å². The molecule has 0 aromatic carbocycles. The Morgan fingerprint density at radius 1 is 1.13 bits per heavy atom. The van der Waals surface area contributed by atoms with Crippen LogP contribution in [0.1, 0.15) is 79.1 Å². The van der Waals surface area contributed by atoms with Gasteiger partial charge in [-0.2, -0.15) is 0 Å². The van der Waals surface area contributed by atoms with Gasteiger partial charge in [0.15, 0.2) is 0 Å². The average molecular weight is 210 g/mol. The minimum Gasteiger partial charge on any atom is -0.0654 e. The maximum atomic E-state index is 2.50. The molecule has 0 aromatic heterocycles. The highest BCUT2D eigenvalue weighted by Gasteiger charge is 2.45. The van der Waals surface area contributed by atoms with Crippen LogP contribution in [0.3, 0.4) is 0 Å². The molecule has 2 atom stereocenters. The fourth-order valence-corrected chi connectivity index (χ4v) is 3.65. The molecule has 0 bridgehead atoms. The van der Waals surface area contributed by atoms with Crippen LogP contribution in [-0.2, 0) is 0 Å². The molecule has 0 heteroatoms. The van der Waals surface area contributed by atoms with E-state index >= 15 is 0 Å². The van der Waals surface area contributed by atoms with Gasteiger partial charge in [0.2, 0.25) is 0 Å². The first-order valence-electron chi connectivity index (χ1n) is 7.20. The predicted molar refractivity (Wildman–Crippen MR) is 69.0 cm³/mol. The van der Waals surface area contributed by atoms with Gasteiger partial charge in [-0.05, 0) is 30.1 Å². The van der Waals surface area contributed by atoms with Crippen LogP contribution in [0.2, 0.25) is 0 Å². The van der Waals surface area contributed by atoms with E-state index in [1.165, 1.54) is 51.4 Å². The monoisotopic (exact) mass is 210 g/mol. The van der Waals surface area contributed by atoms with Crippen LogP contribution in [-0.4, -0.2) is 0 Å². The second-order valence-electron chi connectivity index (χ2n) is 5.69. The van der Waals surface area contributed by atoms with Crippen LogP contribution in [0.25, 0.3) is 0 Å². The Kier molecular flexibility index (Phi) is 5.15. The standard InChI is InChI=1S/C15H30/c1-5-8-9-10-13(4)14-11-12-15(14,6-2)7-3/h13-14H,5-12H2,1-4H3. The van der Waals surface area contributed by atoms with E-state index in [1.807, 2.05) is 0 Å². The summed E-state index contributed by atoms with van der Waals surface area (Å²) in [7, 11) is 0. The lowest BCUT2D eigenvalue weighted by Crippen LogP contribution is -2.42. The maximum absolute atomic E-state index is 2.50. The molecule has 1 saturated carbocycles. The molecule has 1 rings (SSSR count). The van der Waals surface area contributed by atoms with E-state index in [0.717, 1.165) is 17.3 Å². The summed E-state index contributed by atoms with van der Waals surface area (Å²) in [4.78, 5) is 0. The van der Waals surface area contributed by atoms with Gasteiger partial charge in [0.25, 0.3) is 0 Å². The van der Waals surface area contributed by atoms with Crippen LogP contribution < -0.4 is 0 Å². The third-order valence-corrected chi connectivity index (χ3v) is 5.10. The molecule has 0 amide bonds. The lowest BCUT2D eigenvalue weighted by molar-refractivity contribution is -0.0200.